The van der Waals surface area contributed by atoms with Gasteiger partial charge < -0.3 is 19.3 Å². The molecule has 4 rings (SSSR count). The van der Waals surface area contributed by atoms with Gasteiger partial charge in [-0.3, -0.25) is 0 Å². The van der Waals surface area contributed by atoms with Crippen LogP contribution in [0.3, 0.4) is 0 Å². The molecule has 2 heterocycles. The lowest BCUT2D eigenvalue weighted by Gasteiger charge is -2.37. The van der Waals surface area contributed by atoms with E-state index in [4.69, 9.17) is 14.5 Å². The van der Waals surface area contributed by atoms with Gasteiger partial charge in [0.1, 0.15) is 28.7 Å². The van der Waals surface area contributed by atoms with Crippen molar-refractivity contribution < 1.29 is 13.9 Å². The van der Waals surface area contributed by atoms with Gasteiger partial charge in [0.15, 0.2) is 0 Å². The van der Waals surface area contributed by atoms with Gasteiger partial charge in [0.05, 0.1) is 14.2 Å². The van der Waals surface area contributed by atoms with Gasteiger partial charge in [-0.1, -0.05) is 0 Å². The van der Waals surface area contributed by atoms with Gasteiger partial charge in [0.25, 0.3) is 0 Å². The molecule has 0 spiro atoms. The number of fused-ring (bicyclic) bond motifs is 1. The Hall–Kier alpha value is -3.02. The first-order chi connectivity index (χ1) is 13.6. The first-order valence-corrected chi connectivity index (χ1v) is 9.38. The molecule has 1 aromatic heterocycles. The second-order valence-corrected chi connectivity index (χ2v) is 6.97. The summed E-state index contributed by atoms with van der Waals surface area (Å²) in [5.41, 5.74) is 3.04. The highest BCUT2D eigenvalue weighted by Crippen LogP contribution is 2.34. The van der Waals surface area contributed by atoms with Crippen molar-refractivity contribution in [2.45, 2.75) is 6.92 Å². The van der Waals surface area contributed by atoms with Crippen LogP contribution >= 0.6 is 0 Å². The highest BCUT2D eigenvalue weighted by atomic mass is 19.1. The average Bonchev–Trinajstić information content (AvgIpc) is 2.73. The molecule has 0 bridgehead atoms. The maximum Gasteiger partial charge on any atom is 0.148 e. The van der Waals surface area contributed by atoms with Crippen molar-refractivity contribution in [3.8, 4) is 11.5 Å². The molecule has 2 aromatic carbocycles. The minimum atomic E-state index is -0.205. The SMILES string of the molecule is COc1cc(OC)c2nc(N3CCN(c4ccc(F)cc4)CC3)cc(C)c2c1. The number of ether oxygens (including phenoxy) is 2. The number of halogens is 1. The predicted octanol–water partition coefficient (Wildman–Crippen LogP) is 4.03. The lowest BCUT2D eigenvalue weighted by atomic mass is 10.1. The molecule has 0 N–H and O–H groups in total. The first kappa shape index (κ1) is 18.3. The number of hydrogen-bond acceptors (Lipinski definition) is 5. The number of nitrogens with zero attached hydrogens (tertiary/aromatic N) is 3. The van der Waals surface area contributed by atoms with Crippen LogP contribution in [0.2, 0.25) is 0 Å². The molecule has 0 amide bonds. The summed E-state index contributed by atoms with van der Waals surface area (Å²) in [5, 5.41) is 1.03. The number of aromatic nitrogens is 1. The van der Waals surface area contributed by atoms with Crippen molar-refractivity contribution in [1.29, 1.82) is 0 Å². The van der Waals surface area contributed by atoms with Gasteiger partial charge >= 0.3 is 0 Å². The Labute approximate surface area is 164 Å². The molecule has 0 saturated carbocycles. The van der Waals surface area contributed by atoms with E-state index in [1.165, 1.54) is 12.1 Å². The van der Waals surface area contributed by atoms with E-state index in [0.29, 0.717) is 5.75 Å². The summed E-state index contributed by atoms with van der Waals surface area (Å²) < 4.78 is 24.1. The van der Waals surface area contributed by atoms with E-state index in [1.54, 1.807) is 14.2 Å². The Balaban J connectivity index is 1.59. The Morgan fingerprint density at radius 1 is 0.893 bits per heavy atom. The van der Waals surface area contributed by atoms with E-state index in [-0.39, 0.29) is 5.82 Å². The molecule has 3 aromatic rings. The summed E-state index contributed by atoms with van der Waals surface area (Å²) in [6, 6.07) is 12.7. The number of aryl methyl sites for hydroxylation is 1. The van der Waals surface area contributed by atoms with Crippen LogP contribution in [-0.2, 0) is 0 Å². The zero-order valence-electron chi connectivity index (χ0n) is 16.4. The molecule has 6 heteroatoms. The van der Waals surface area contributed by atoms with Crippen molar-refractivity contribution in [2.24, 2.45) is 0 Å². The third-order valence-electron chi connectivity index (χ3n) is 5.30. The maximum absolute atomic E-state index is 13.2. The topological polar surface area (TPSA) is 37.8 Å². The van der Waals surface area contributed by atoms with E-state index in [2.05, 4.69) is 22.8 Å². The van der Waals surface area contributed by atoms with E-state index < -0.39 is 0 Å². The lowest BCUT2D eigenvalue weighted by Crippen LogP contribution is -2.46. The highest BCUT2D eigenvalue weighted by molar-refractivity contribution is 5.90. The monoisotopic (exact) mass is 381 g/mol. The van der Waals surface area contributed by atoms with Crippen LogP contribution in [-0.4, -0.2) is 45.4 Å². The zero-order valence-corrected chi connectivity index (χ0v) is 16.4. The third kappa shape index (κ3) is 3.42. The second-order valence-electron chi connectivity index (χ2n) is 6.97. The Kier molecular flexibility index (Phi) is 4.94. The standard InChI is InChI=1S/C22H24FN3O2/c1-15-12-21(24-22-19(15)13-18(27-2)14-20(22)28-3)26-10-8-25(9-11-26)17-6-4-16(23)5-7-17/h4-7,12-14H,8-11H2,1-3H3. The first-order valence-electron chi connectivity index (χ1n) is 9.38. The molecule has 1 saturated heterocycles. The highest BCUT2D eigenvalue weighted by Gasteiger charge is 2.20. The van der Waals surface area contributed by atoms with Crippen LogP contribution < -0.4 is 19.3 Å². The Bertz CT molecular complexity index is 983. The fourth-order valence-electron chi connectivity index (χ4n) is 3.70. The molecule has 0 atom stereocenters. The fourth-order valence-corrected chi connectivity index (χ4v) is 3.70. The summed E-state index contributed by atoms with van der Waals surface area (Å²) in [4.78, 5) is 9.45. The molecular formula is C22H24FN3O2. The quantitative estimate of drug-likeness (QED) is 0.682. The van der Waals surface area contributed by atoms with Gasteiger partial charge in [-0.05, 0) is 48.9 Å². The minimum Gasteiger partial charge on any atom is -0.497 e. The van der Waals surface area contributed by atoms with Gasteiger partial charge in [-0.2, -0.15) is 0 Å². The van der Waals surface area contributed by atoms with Crippen molar-refractivity contribution in [1.82, 2.24) is 4.98 Å². The molecule has 0 unspecified atom stereocenters. The minimum absolute atomic E-state index is 0.205. The normalized spacial score (nSPS) is 14.4. The van der Waals surface area contributed by atoms with Crippen molar-refractivity contribution >= 4 is 22.4 Å². The molecule has 0 radical (unpaired) electrons. The van der Waals surface area contributed by atoms with Crippen molar-refractivity contribution in [3.63, 3.8) is 0 Å². The van der Waals surface area contributed by atoms with Crippen LogP contribution in [0.25, 0.3) is 10.9 Å². The fraction of sp³-hybridized carbons (Fsp3) is 0.318. The van der Waals surface area contributed by atoms with Crippen LogP contribution in [0.5, 0.6) is 11.5 Å². The second kappa shape index (κ2) is 7.54. The largest absolute Gasteiger partial charge is 0.497 e. The molecule has 1 aliphatic rings. The van der Waals surface area contributed by atoms with Crippen LogP contribution in [0.15, 0.2) is 42.5 Å². The van der Waals surface area contributed by atoms with E-state index in [9.17, 15) is 4.39 Å². The predicted molar refractivity (Wildman–Crippen MR) is 110 cm³/mol. The molecule has 0 aliphatic carbocycles. The number of methoxy groups -OCH3 is 2. The Morgan fingerprint density at radius 2 is 1.57 bits per heavy atom. The Morgan fingerprint density at radius 3 is 2.21 bits per heavy atom. The van der Waals surface area contributed by atoms with Crippen molar-refractivity contribution in [2.75, 3.05) is 50.2 Å². The molecule has 1 fully saturated rings. The average molecular weight is 381 g/mol. The number of pyridine rings is 1. The summed E-state index contributed by atoms with van der Waals surface area (Å²) in [7, 11) is 3.30. The maximum atomic E-state index is 13.2. The van der Waals surface area contributed by atoms with Gasteiger partial charge in [0, 0.05) is 43.3 Å². The van der Waals surface area contributed by atoms with Crippen molar-refractivity contribution in [3.05, 3.63) is 53.8 Å². The smallest absolute Gasteiger partial charge is 0.148 e. The number of benzene rings is 2. The number of anilines is 2. The third-order valence-corrected chi connectivity index (χ3v) is 5.30. The summed E-state index contributed by atoms with van der Waals surface area (Å²) in [6.07, 6.45) is 0. The molecule has 5 nitrogen and oxygen atoms in total. The number of piperazine rings is 1. The molecule has 1 aliphatic heterocycles. The number of hydrogen-bond donors (Lipinski definition) is 0. The van der Waals surface area contributed by atoms with Crippen LogP contribution in [0, 0.1) is 12.7 Å². The summed E-state index contributed by atoms with van der Waals surface area (Å²) in [5.74, 6) is 2.22. The summed E-state index contributed by atoms with van der Waals surface area (Å²) >= 11 is 0. The number of rotatable bonds is 4. The van der Waals surface area contributed by atoms with Crippen LogP contribution in [0.4, 0.5) is 15.9 Å². The van der Waals surface area contributed by atoms with E-state index in [1.807, 2.05) is 24.3 Å². The molecule has 146 valence electrons. The molecular weight excluding hydrogens is 357 g/mol. The lowest BCUT2D eigenvalue weighted by molar-refractivity contribution is 0.397. The molecule has 28 heavy (non-hydrogen) atoms. The van der Waals surface area contributed by atoms with Gasteiger partial charge in [-0.15, -0.1) is 0 Å². The zero-order chi connectivity index (χ0) is 19.7. The summed E-state index contributed by atoms with van der Waals surface area (Å²) in [6.45, 7) is 5.52. The van der Waals surface area contributed by atoms with E-state index >= 15 is 0 Å². The van der Waals surface area contributed by atoms with Crippen LogP contribution in [0.1, 0.15) is 5.56 Å². The van der Waals surface area contributed by atoms with E-state index in [0.717, 1.165) is 59.9 Å². The van der Waals surface area contributed by atoms with Gasteiger partial charge in [-0.25, -0.2) is 9.37 Å². The van der Waals surface area contributed by atoms with Gasteiger partial charge in [0.2, 0.25) is 0 Å².